The molecule has 1 N–H and O–H groups in total. The van der Waals surface area contributed by atoms with Gasteiger partial charge in [-0.05, 0) is 66.3 Å². The van der Waals surface area contributed by atoms with Gasteiger partial charge in [0.05, 0.1) is 29.4 Å². The van der Waals surface area contributed by atoms with Gasteiger partial charge in [0.1, 0.15) is 5.82 Å². The number of amides is 2. The molecular formula is C30H27FN2O3. The van der Waals surface area contributed by atoms with Crippen molar-refractivity contribution in [1.82, 2.24) is 10.2 Å². The molecule has 5 nitrogen and oxygen atoms in total. The summed E-state index contributed by atoms with van der Waals surface area (Å²) in [4.78, 5) is 27.2. The van der Waals surface area contributed by atoms with Gasteiger partial charge in [-0.15, -0.1) is 0 Å². The third kappa shape index (κ3) is 3.77. The maximum absolute atomic E-state index is 13.7. The number of nitrogens with one attached hydrogen (secondary N) is 1. The average molecular weight is 483 g/mol. The van der Waals surface area contributed by atoms with Gasteiger partial charge in [0.25, 0.3) is 11.8 Å². The SMILES string of the molecule is C[C@H](c1ccc(C(=C2CC3(CNCCO3)C2)c2ccc(F)cc2)cc1)N1C(=O)c2ccccc2C1=O. The topological polar surface area (TPSA) is 58.6 Å². The van der Waals surface area contributed by atoms with Crippen LogP contribution in [0.25, 0.3) is 5.57 Å². The van der Waals surface area contributed by atoms with E-state index in [0.29, 0.717) is 17.7 Å². The standard InChI is InChI=1S/C30H27FN2O3/c1-19(33-28(34)25-4-2-3-5-26(25)29(33)35)20-6-8-21(9-7-20)27(22-10-12-24(31)13-11-22)23-16-30(17-23)18-32-14-15-36-30/h2-13,19,32H,14-18H2,1H3/t19-,30?/m1/s1. The molecule has 0 bridgehead atoms. The van der Waals surface area contributed by atoms with Gasteiger partial charge >= 0.3 is 0 Å². The molecular weight excluding hydrogens is 455 g/mol. The van der Waals surface area contributed by atoms with E-state index in [0.717, 1.165) is 48.2 Å². The smallest absolute Gasteiger partial charge is 0.262 e. The van der Waals surface area contributed by atoms with Gasteiger partial charge < -0.3 is 10.1 Å². The number of hydrogen-bond acceptors (Lipinski definition) is 4. The van der Waals surface area contributed by atoms with Crippen molar-refractivity contribution in [3.8, 4) is 0 Å². The van der Waals surface area contributed by atoms with Gasteiger partial charge in [-0.1, -0.05) is 54.1 Å². The van der Waals surface area contributed by atoms with Crippen molar-refractivity contribution < 1.29 is 18.7 Å². The highest BCUT2D eigenvalue weighted by atomic mass is 19.1. The number of ether oxygens (including phenoxy) is 1. The monoisotopic (exact) mass is 482 g/mol. The van der Waals surface area contributed by atoms with E-state index in [9.17, 15) is 14.0 Å². The molecule has 1 saturated heterocycles. The number of nitrogens with zero attached hydrogens (tertiary/aromatic N) is 1. The van der Waals surface area contributed by atoms with Crippen LogP contribution < -0.4 is 5.32 Å². The Labute approximate surface area is 209 Å². The van der Waals surface area contributed by atoms with Gasteiger partial charge in [0.15, 0.2) is 0 Å². The second-order valence-electron chi connectivity index (χ2n) is 9.87. The van der Waals surface area contributed by atoms with Crippen molar-refractivity contribution in [2.45, 2.75) is 31.4 Å². The Kier molecular flexibility index (Phi) is 5.58. The van der Waals surface area contributed by atoms with Crippen LogP contribution in [-0.4, -0.2) is 42.0 Å². The Balaban J connectivity index is 1.31. The number of carbonyl (C=O) groups is 2. The van der Waals surface area contributed by atoms with Gasteiger partial charge in [-0.25, -0.2) is 4.39 Å². The maximum atomic E-state index is 13.7. The minimum absolute atomic E-state index is 0.154. The first-order valence-electron chi connectivity index (χ1n) is 12.4. The lowest BCUT2D eigenvalue weighted by Gasteiger charge is -2.47. The molecule has 0 aromatic heterocycles. The quantitative estimate of drug-likeness (QED) is 0.524. The van der Waals surface area contributed by atoms with Crippen molar-refractivity contribution in [1.29, 1.82) is 0 Å². The lowest BCUT2D eigenvalue weighted by atomic mass is 9.70. The van der Waals surface area contributed by atoms with E-state index >= 15 is 0 Å². The summed E-state index contributed by atoms with van der Waals surface area (Å²) in [5.41, 5.74) is 5.99. The number of hydrogen-bond donors (Lipinski definition) is 1. The summed E-state index contributed by atoms with van der Waals surface area (Å²) >= 11 is 0. The molecule has 2 amide bonds. The van der Waals surface area contributed by atoms with E-state index in [-0.39, 0.29) is 23.2 Å². The molecule has 3 aromatic rings. The van der Waals surface area contributed by atoms with Crippen LogP contribution in [0.15, 0.2) is 78.4 Å². The first-order valence-corrected chi connectivity index (χ1v) is 12.4. The predicted molar refractivity (Wildman–Crippen MR) is 135 cm³/mol. The minimum atomic E-state index is -0.401. The zero-order chi connectivity index (χ0) is 24.9. The Morgan fingerprint density at radius 3 is 2.06 bits per heavy atom. The Morgan fingerprint density at radius 1 is 0.917 bits per heavy atom. The molecule has 2 fully saturated rings. The molecule has 1 atom stereocenters. The number of halogens is 1. The first-order chi connectivity index (χ1) is 17.5. The molecule has 2 heterocycles. The Morgan fingerprint density at radius 2 is 1.50 bits per heavy atom. The summed E-state index contributed by atoms with van der Waals surface area (Å²) in [6.45, 7) is 4.30. The highest BCUT2D eigenvalue weighted by Gasteiger charge is 2.44. The van der Waals surface area contributed by atoms with E-state index in [1.54, 1.807) is 24.3 Å². The van der Waals surface area contributed by atoms with Crippen molar-refractivity contribution in [3.63, 3.8) is 0 Å². The van der Waals surface area contributed by atoms with E-state index < -0.39 is 6.04 Å². The van der Waals surface area contributed by atoms with Crippen molar-refractivity contribution in [3.05, 3.63) is 112 Å². The van der Waals surface area contributed by atoms with Crippen LogP contribution in [0.4, 0.5) is 4.39 Å². The molecule has 1 aliphatic carbocycles. The zero-order valence-corrected chi connectivity index (χ0v) is 20.1. The number of fused-ring (bicyclic) bond motifs is 1. The minimum Gasteiger partial charge on any atom is -0.372 e. The van der Waals surface area contributed by atoms with Crippen molar-refractivity contribution >= 4 is 17.4 Å². The number of carbonyl (C=O) groups excluding carboxylic acids is 2. The van der Waals surface area contributed by atoms with Crippen LogP contribution in [0, 0.1) is 5.82 Å². The summed E-state index contributed by atoms with van der Waals surface area (Å²) in [5.74, 6) is -0.789. The third-order valence-corrected chi connectivity index (χ3v) is 7.59. The molecule has 0 unspecified atom stereocenters. The molecule has 0 radical (unpaired) electrons. The number of benzene rings is 3. The fourth-order valence-corrected chi connectivity index (χ4v) is 5.67. The second-order valence-corrected chi connectivity index (χ2v) is 9.87. The summed E-state index contributed by atoms with van der Waals surface area (Å²) in [5, 5.41) is 3.43. The maximum Gasteiger partial charge on any atom is 0.262 e. The summed E-state index contributed by atoms with van der Waals surface area (Å²) < 4.78 is 19.8. The Hall–Kier alpha value is -3.61. The Bertz CT molecular complexity index is 1330. The lowest BCUT2D eigenvalue weighted by Crippen LogP contribution is -2.55. The molecule has 3 aliphatic rings. The predicted octanol–water partition coefficient (Wildman–Crippen LogP) is 5.14. The largest absolute Gasteiger partial charge is 0.372 e. The number of rotatable bonds is 4. The number of morpholine rings is 1. The second kappa shape index (κ2) is 8.80. The molecule has 3 aromatic carbocycles. The summed E-state index contributed by atoms with van der Waals surface area (Å²) in [6.07, 6.45) is 1.67. The highest BCUT2D eigenvalue weighted by Crippen LogP contribution is 2.46. The molecule has 1 saturated carbocycles. The van der Waals surface area contributed by atoms with Crippen molar-refractivity contribution in [2.75, 3.05) is 19.7 Å². The number of imide groups is 1. The molecule has 36 heavy (non-hydrogen) atoms. The van der Waals surface area contributed by atoms with E-state index in [1.807, 2.05) is 43.3 Å². The van der Waals surface area contributed by atoms with Crippen LogP contribution in [0.5, 0.6) is 0 Å². The van der Waals surface area contributed by atoms with Gasteiger partial charge in [0.2, 0.25) is 0 Å². The first kappa shape index (κ1) is 22.8. The van der Waals surface area contributed by atoms with Crippen molar-refractivity contribution in [2.24, 2.45) is 0 Å². The van der Waals surface area contributed by atoms with Gasteiger partial charge in [-0.2, -0.15) is 0 Å². The van der Waals surface area contributed by atoms with Crippen LogP contribution in [0.1, 0.15) is 63.2 Å². The van der Waals surface area contributed by atoms with E-state index in [1.165, 1.54) is 22.6 Å². The molecule has 1 spiro atoms. The molecule has 182 valence electrons. The van der Waals surface area contributed by atoms with Crippen LogP contribution in [0.2, 0.25) is 0 Å². The molecule has 2 aliphatic heterocycles. The van der Waals surface area contributed by atoms with Gasteiger partial charge in [-0.3, -0.25) is 14.5 Å². The van der Waals surface area contributed by atoms with Crippen LogP contribution in [-0.2, 0) is 4.74 Å². The summed E-state index contributed by atoms with van der Waals surface area (Å²) in [6, 6.07) is 21.2. The fraction of sp³-hybridized carbons (Fsp3) is 0.267. The average Bonchev–Trinajstić information content (AvgIpc) is 3.15. The highest BCUT2D eigenvalue weighted by molar-refractivity contribution is 6.21. The van der Waals surface area contributed by atoms with E-state index in [4.69, 9.17) is 4.74 Å². The normalized spacial score (nSPS) is 21.9. The molecule has 6 heteroatoms. The van der Waals surface area contributed by atoms with Crippen LogP contribution in [0.3, 0.4) is 0 Å². The third-order valence-electron chi connectivity index (χ3n) is 7.59. The zero-order valence-electron chi connectivity index (χ0n) is 20.1. The van der Waals surface area contributed by atoms with Crippen LogP contribution >= 0.6 is 0 Å². The fourth-order valence-electron chi connectivity index (χ4n) is 5.67. The summed E-state index contributed by atoms with van der Waals surface area (Å²) in [7, 11) is 0. The molecule has 6 rings (SSSR count). The lowest BCUT2D eigenvalue weighted by molar-refractivity contribution is -0.0905. The van der Waals surface area contributed by atoms with E-state index in [2.05, 4.69) is 5.32 Å². The van der Waals surface area contributed by atoms with Gasteiger partial charge in [0, 0.05) is 13.1 Å².